The second-order valence-electron chi connectivity index (χ2n) is 5.54. The Balaban J connectivity index is 2.35. The lowest BCUT2D eigenvalue weighted by atomic mass is 10.1. The average Bonchev–Trinajstić information content (AvgIpc) is 3.11. The second kappa shape index (κ2) is 8.33. The monoisotopic (exact) mass is 396 g/mol. The highest BCUT2D eigenvalue weighted by molar-refractivity contribution is 7.93. The lowest BCUT2D eigenvalue weighted by Crippen LogP contribution is -2.32. The Morgan fingerprint density at radius 3 is 2.58 bits per heavy atom. The fourth-order valence-electron chi connectivity index (χ4n) is 2.12. The number of carbonyl (C=O) groups excluding carboxylic acids is 2. The molecule has 2 rings (SSSR count). The van der Waals surface area contributed by atoms with Gasteiger partial charge >= 0.3 is 5.97 Å². The molecule has 7 nitrogen and oxygen atoms in total. The molecule has 0 aliphatic rings. The van der Waals surface area contributed by atoms with Gasteiger partial charge in [-0.1, -0.05) is 19.1 Å². The maximum atomic E-state index is 12.7. The summed E-state index contributed by atoms with van der Waals surface area (Å²) < 4.78 is 32.4. The quantitative estimate of drug-likeness (QED) is 0.701. The van der Waals surface area contributed by atoms with E-state index in [2.05, 4.69) is 14.8 Å². The first-order chi connectivity index (χ1) is 12.3. The van der Waals surface area contributed by atoms with Gasteiger partial charge in [0.15, 0.2) is 0 Å². The van der Waals surface area contributed by atoms with Gasteiger partial charge in [-0.15, -0.1) is 11.3 Å². The predicted molar refractivity (Wildman–Crippen MR) is 100 cm³/mol. The molecule has 0 spiro atoms. The maximum Gasteiger partial charge on any atom is 0.349 e. The van der Waals surface area contributed by atoms with Crippen LogP contribution in [0.1, 0.15) is 40.3 Å². The normalized spacial score (nSPS) is 12.3. The van der Waals surface area contributed by atoms with Crippen LogP contribution in [-0.4, -0.2) is 33.4 Å². The first-order valence-electron chi connectivity index (χ1n) is 7.88. The van der Waals surface area contributed by atoms with Gasteiger partial charge in [0.05, 0.1) is 18.4 Å². The van der Waals surface area contributed by atoms with Crippen molar-refractivity contribution in [1.82, 2.24) is 5.32 Å². The van der Waals surface area contributed by atoms with E-state index in [1.165, 1.54) is 30.7 Å². The number of anilines is 1. The first kappa shape index (κ1) is 19.9. The van der Waals surface area contributed by atoms with Crippen LogP contribution in [0.3, 0.4) is 0 Å². The molecular weight excluding hydrogens is 376 g/mol. The van der Waals surface area contributed by atoms with Gasteiger partial charge in [0.25, 0.3) is 15.9 Å². The van der Waals surface area contributed by atoms with Crippen LogP contribution in [-0.2, 0) is 14.8 Å². The van der Waals surface area contributed by atoms with Crippen LogP contribution in [0.25, 0.3) is 0 Å². The molecule has 0 radical (unpaired) electrons. The molecule has 140 valence electrons. The van der Waals surface area contributed by atoms with Crippen LogP contribution in [0.5, 0.6) is 0 Å². The van der Waals surface area contributed by atoms with Crippen LogP contribution in [0.2, 0.25) is 0 Å². The first-order valence-corrected chi connectivity index (χ1v) is 10.2. The summed E-state index contributed by atoms with van der Waals surface area (Å²) >= 11 is 0.969. The van der Waals surface area contributed by atoms with E-state index in [9.17, 15) is 18.0 Å². The van der Waals surface area contributed by atoms with Crippen molar-refractivity contribution in [2.75, 3.05) is 11.8 Å². The summed E-state index contributed by atoms with van der Waals surface area (Å²) in [6, 6.07) is 7.56. The van der Waals surface area contributed by atoms with E-state index in [1.807, 2.05) is 13.8 Å². The lowest BCUT2D eigenvalue weighted by molar-refractivity contribution is 0.0602. The third kappa shape index (κ3) is 4.41. The van der Waals surface area contributed by atoms with Crippen LogP contribution in [0.15, 0.2) is 40.6 Å². The SMILES string of the molecule is CCC(C)NC(=O)c1ccccc1NS(=O)(=O)c1ccsc1C(=O)OC. The van der Waals surface area contributed by atoms with Crippen LogP contribution in [0.4, 0.5) is 5.69 Å². The zero-order chi connectivity index (χ0) is 19.3. The van der Waals surface area contributed by atoms with E-state index in [-0.39, 0.29) is 33.0 Å². The summed E-state index contributed by atoms with van der Waals surface area (Å²) in [6.07, 6.45) is 0.747. The molecule has 1 aromatic carbocycles. The fraction of sp³-hybridized carbons (Fsp3) is 0.294. The van der Waals surface area contributed by atoms with Gasteiger partial charge in [-0.25, -0.2) is 13.2 Å². The van der Waals surface area contributed by atoms with E-state index in [0.717, 1.165) is 17.8 Å². The molecule has 0 aliphatic heterocycles. The number of hydrogen-bond acceptors (Lipinski definition) is 6. The van der Waals surface area contributed by atoms with E-state index in [4.69, 9.17) is 0 Å². The molecule has 9 heteroatoms. The van der Waals surface area contributed by atoms with Crippen LogP contribution >= 0.6 is 11.3 Å². The number of ether oxygens (including phenoxy) is 1. The van der Waals surface area contributed by atoms with Crippen LogP contribution < -0.4 is 10.0 Å². The molecule has 0 bridgehead atoms. The standard InChI is InChI=1S/C17H20N2O5S2/c1-4-11(2)18-16(20)12-7-5-6-8-13(12)19-26(22,23)14-9-10-25-15(14)17(21)24-3/h5-11,19H,4H2,1-3H3,(H,18,20). The zero-order valence-corrected chi connectivity index (χ0v) is 16.2. The summed E-state index contributed by atoms with van der Waals surface area (Å²) in [5.41, 5.74) is 0.335. The number of esters is 1. The molecule has 2 aromatic rings. The smallest absolute Gasteiger partial charge is 0.349 e. The summed E-state index contributed by atoms with van der Waals surface area (Å²) in [7, 11) is -2.89. The zero-order valence-electron chi connectivity index (χ0n) is 14.6. The lowest BCUT2D eigenvalue weighted by Gasteiger charge is -2.15. The Hall–Kier alpha value is -2.39. The minimum atomic E-state index is -4.07. The number of benzene rings is 1. The molecule has 0 aliphatic carbocycles. The number of nitrogens with one attached hydrogen (secondary N) is 2. The Kier molecular flexibility index (Phi) is 6.38. The molecule has 1 aromatic heterocycles. The largest absolute Gasteiger partial charge is 0.465 e. The van der Waals surface area contributed by atoms with Gasteiger partial charge in [0.1, 0.15) is 9.77 Å². The van der Waals surface area contributed by atoms with E-state index in [1.54, 1.807) is 12.1 Å². The minimum Gasteiger partial charge on any atom is -0.465 e. The van der Waals surface area contributed by atoms with Gasteiger partial charge < -0.3 is 10.1 Å². The number of methoxy groups -OCH3 is 1. The number of carbonyl (C=O) groups is 2. The number of para-hydroxylation sites is 1. The highest BCUT2D eigenvalue weighted by Crippen LogP contribution is 2.26. The predicted octanol–water partition coefficient (Wildman–Crippen LogP) is 2.86. The van der Waals surface area contributed by atoms with Crippen molar-refractivity contribution in [1.29, 1.82) is 0 Å². The number of amides is 1. The van der Waals surface area contributed by atoms with Crippen molar-refractivity contribution in [3.05, 3.63) is 46.2 Å². The topological polar surface area (TPSA) is 102 Å². The van der Waals surface area contributed by atoms with Crippen molar-refractivity contribution in [2.24, 2.45) is 0 Å². The molecule has 0 saturated heterocycles. The van der Waals surface area contributed by atoms with E-state index < -0.39 is 16.0 Å². The van der Waals surface area contributed by atoms with Crippen molar-refractivity contribution in [3.63, 3.8) is 0 Å². The molecular formula is C17H20N2O5S2. The van der Waals surface area contributed by atoms with Gasteiger partial charge in [-0.2, -0.15) is 0 Å². The molecule has 1 amide bonds. The Bertz CT molecular complexity index is 905. The van der Waals surface area contributed by atoms with Gasteiger partial charge in [0.2, 0.25) is 0 Å². The van der Waals surface area contributed by atoms with Gasteiger partial charge in [0, 0.05) is 6.04 Å². The van der Waals surface area contributed by atoms with Gasteiger partial charge in [-0.05, 0) is 36.9 Å². The molecule has 2 N–H and O–H groups in total. The second-order valence-corrected chi connectivity index (χ2v) is 8.11. The van der Waals surface area contributed by atoms with Gasteiger partial charge in [-0.3, -0.25) is 9.52 Å². The highest BCUT2D eigenvalue weighted by atomic mass is 32.2. The number of sulfonamides is 1. The minimum absolute atomic E-state index is 0.0264. The molecule has 0 saturated carbocycles. The average molecular weight is 396 g/mol. The summed E-state index contributed by atoms with van der Waals surface area (Å²) in [5, 5.41) is 4.29. The van der Waals surface area contributed by atoms with E-state index >= 15 is 0 Å². The molecule has 0 fully saturated rings. The van der Waals surface area contributed by atoms with Crippen LogP contribution in [0, 0.1) is 0 Å². The summed E-state index contributed by atoms with van der Waals surface area (Å²) in [5.74, 6) is -1.11. The molecule has 1 unspecified atom stereocenters. The van der Waals surface area contributed by atoms with Crippen molar-refractivity contribution in [3.8, 4) is 0 Å². The molecule has 1 heterocycles. The summed E-state index contributed by atoms with van der Waals surface area (Å²) in [6.45, 7) is 3.79. The molecule has 26 heavy (non-hydrogen) atoms. The van der Waals surface area contributed by atoms with Crippen molar-refractivity contribution in [2.45, 2.75) is 31.2 Å². The highest BCUT2D eigenvalue weighted by Gasteiger charge is 2.26. The van der Waals surface area contributed by atoms with Crippen molar-refractivity contribution >= 4 is 38.9 Å². The third-order valence-electron chi connectivity index (χ3n) is 3.70. The fourth-order valence-corrected chi connectivity index (χ4v) is 4.54. The number of thiophene rings is 1. The van der Waals surface area contributed by atoms with E-state index in [0.29, 0.717) is 0 Å². The Labute approximate surface area is 156 Å². The molecule has 1 atom stereocenters. The summed E-state index contributed by atoms with van der Waals surface area (Å²) in [4.78, 5) is 24.0. The Morgan fingerprint density at radius 2 is 1.92 bits per heavy atom. The maximum absolute atomic E-state index is 12.7. The number of hydrogen-bond donors (Lipinski definition) is 2. The Morgan fingerprint density at radius 1 is 1.23 bits per heavy atom. The number of rotatable bonds is 7. The van der Waals surface area contributed by atoms with Crippen molar-refractivity contribution < 1.29 is 22.7 Å². The third-order valence-corrected chi connectivity index (χ3v) is 6.13.